The van der Waals surface area contributed by atoms with Crippen molar-refractivity contribution in [3.8, 4) is 5.75 Å². The number of alkyl halides is 3. The normalized spacial score (nSPS) is 27.4. The Hall–Kier alpha value is -2.09. The van der Waals surface area contributed by atoms with Crippen LogP contribution in [0.1, 0.15) is 42.5 Å². The van der Waals surface area contributed by atoms with Gasteiger partial charge in [-0.15, -0.1) is 0 Å². The van der Waals surface area contributed by atoms with Crippen molar-refractivity contribution in [1.29, 1.82) is 0 Å². The fraction of sp³-hybridized carbons (Fsp3) is 0.500. The Balaban J connectivity index is 2.05. The molecular weight excluding hydrogens is 325 g/mol. The van der Waals surface area contributed by atoms with E-state index in [-0.39, 0.29) is 28.5 Å². The van der Waals surface area contributed by atoms with Gasteiger partial charge in [0.1, 0.15) is 5.75 Å². The number of benzene rings is 1. The zero-order chi connectivity index (χ0) is 17.5. The second-order valence-corrected chi connectivity index (χ2v) is 6.13. The van der Waals surface area contributed by atoms with Crippen molar-refractivity contribution in [3.05, 3.63) is 29.8 Å². The lowest BCUT2D eigenvalue weighted by molar-refractivity contribution is -0.312. The van der Waals surface area contributed by atoms with Gasteiger partial charge in [0, 0.05) is 11.3 Å². The lowest BCUT2D eigenvalue weighted by Gasteiger charge is -2.37. The maximum absolute atomic E-state index is 13.7. The molecule has 8 heteroatoms. The Labute approximate surface area is 136 Å². The van der Waals surface area contributed by atoms with E-state index in [0.29, 0.717) is 19.3 Å². The number of phenolic OH excluding ortho intramolecular Hbond substituents is 1. The molecule has 0 bridgehead atoms. The summed E-state index contributed by atoms with van der Waals surface area (Å²) >= 11 is 0. The van der Waals surface area contributed by atoms with E-state index >= 15 is 0 Å². The smallest absolute Gasteiger partial charge is 0.439 e. The maximum Gasteiger partial charge on any atom is 0.439 e. The van der Waals surface area contributed by atoms with Crippen LogP contribution in [0.5, 0.6) is 5.75 Å². The van der Waals surface area contributed by atoms with Crippen LogP contribution in [0.3, 0.4) is 0 Å². The van der Waals surface area contributed by atoms with Crippen molar-refractivity contribution in [2.45, 2.75) is 44.0 Å². The molecule has 2 aliphatic rings. The van der Waals surface area contributed by atoms with Crippen LogP contribution < -0.4 is 0 Å². The number of hydrogen-bond acceptors (Lipinski definition) is 4. The maximum atomic E-state index is 13.7. The molecule has 130 valence electrons. The van der Waals surface area contributed by atoms with E-state index in [4.69, 9.17) is 0 Å². The molecule has 1 amide bonds. The monoisotopic (exact) mass is 342 g/mol. The van der Waals surface area contributed by atoms with Crippen molar-refractivity contribution in [2.24, 2.45) is 11.0 Å². The Morgan fingerprint density at radius 1 is 1.29 bits per heavy atom. The van der Waals surface area contributed by atoms with Crippen LogP contribution in [0, 0.1) is 5.92 Å². The number of amides is 1. The van der Waals surface area contributed by atoms with Crippen molar-refractivity contribution < 1.29 is 28.2 Å². The first kappa shape index (κ1) is 16.8. The molecule has 0 radical (unpaired) electrons. The van der Waals surface area contributed by atoms with Gasteiger partial charge >= 0.3 is 6.18 Å². The van der Waals surface area contributed by atoms with Crippen LogP contribution >= 0.6 is 0 Å². The van der Waals surface area contributed by atoms with Crippen molar-refractivity contribution in [3.63, 3.8) is 0 Å². The zero-order valence-corrected chi connectivity index (χ0v) is 12.8. The van der Waals surface area contributed by atoms with Gasteiger partial charge in [0.05, 0.1) is 5.92 Å². The van der Waals surface area contributed by atoms with E-state index in [1.165, 1.54) is 18.2 Å². The summed E-state index contributed by atoms with van der Waals surface area (Å²) in [5.41, 5.74) is -3.31. The van der Waals surface area contributed by atoms with Crippen molar-refractivity contribution in [2.75, 3.05) is 0 Å². The van der Waals surface area contributed by atoms with Crippen LogP contribution in [-0.4, -0.2) is 38.7 Å². The standard InChI is InChI=1S/C16H17F3N2O3/c17-16(18,19)15(24)12-7-2-1-3-8-13(12)20-21(15)14(23)10-5-4-6-11(22)9-10/h4-6,9,12,22,24H,1-3,7-8H2/t12-,15+/m1/s1. The molecule has 2 N–H and O–H groups in total. The molecule has 3 rings (SSSR count). The Morgan fingerprint density at radius 3 is 2.71 bits per heavy atom. The number of aliphatic hydroxyl groups is 1. The highest BCUT2D eigenvalue weighted by molar-refractivity contribution is 5.99. The lowest BCUT2D eigenvalue weighted by Crippen LogP contribution is -2.61. The third-order valence-electron chi connectivity index (χ3n) is 4.57. The number of nitrogens with zero attached hydrogens (tertiary/aromatic N) is 2. The van der Waals surface area contributed by atoms with Gasteiger partial charge < -0.3 is 10.2 Å². The second kappa shape index (κ2) is 5.77. The molecule has 24 heavy (non-hydrogen) atoms. The highest BCUT2D eigenvalue weighted by Crippen LogP contribution is 2.48. The van der Waals surface area contributed by atoms with Crippen LogP contribution in [0.4, 0.5) is 13.2 Å². The molecule has 1 saturated carbocycles. The molecule has 0 spiro atoms. The lowest BCUT2D eigenvalue weighted by atomic mass is 9.87. The van der Waals surface area contributed by atoms with E-state index in [1.54, 1.807) is 0 Å². The van der Waals surface area contributed by atoms with Gasteiger partial charge in [-0.3, -0.25) is 4.79 Å². The number of aromatic hydroxyl groups is 1. The van der Waals surface area contributed by atoms with Crippen molar-refractivity contribution in [1.82, 2.24) is 5.01 Å². The summed E-state index contributed by atoms with van der Waals surface area (Å²) in [5.74, 6) is -2.59. The minimum Gasteiger partial charge on any atom is -0.508 e. The highest BCUT2D eigenvalue weighted by atomic mass is 19.4. The first-order valence-electron chi connectivity index (χ1n) is 7.75. The first-order chi connectivity index (χ1) is 11.2. The highest BCUT2D eigenvalue weighted by Gasteiger charge is 2.68. The first-order valence-corrected chi connectivity index (χ1v) is 7.75. The fourth-order valence-electron chi connectivity index (χ4n) is 3.36. The molecule has 0 unspecified atom stereocenters. The molecule has 0 aromatic heterocycles. The molecule has 1 fully saturated rings. The molecular formula is C16H17F3N2O3. The molecule has 0 saturated heterocycles. The predicted octanol–water partition coefficient (Wildman–Crippen LogP) is 3.04. The van der Waals surface area contributed by atoms with E-state index in [1.807, 2.05) is 0 Å². The molecule has 1 aliphatic carbocycles. The Bertz CT molecular complexity index is 689. The van der Waals surface area contributed by atoms with Crippen LogP contribution in [0.25, 0.3) is 0 Å². The minimum absolute atomic E-state index is 0.124. The van der Waals surface area contributed by atoms with E-state index < -0.39 is 23.7 Å². The molecule has 5 nitrogen and oxygen atoms in total. The second-order valence-electron chi connectivity index (χ2n) is 6.13. The van der Waals surface area contributed by atoms with Gasteiger partial charge in [-0.25, -0.2) is 0 Å². The van der Waals surface area contributed by atoms with Gasteiger partial charge in [-0.1, -0.05) is 18.9 Å². The zero-order valence-electron chi connectivity index (χ0n) is 12.8. The summed E-state index contributed by atoms with van der Waals surface area (Å²) < 4.78 is 41.1. The fourth-order valence-corrected chi connectivity index (χ4v) is 3.36. The summed E-state index contributed by atoms with van der Waals surface area (Å²) in [6.07, 6.45) is -2.61. The number of phenols is 1. The molecule has 1 aliphatic heterocycles. The van der Waals surface area contributed by atoms with Crippen LogP contribution in [0.15, 0.2) is 29.4 Å². The predicted molar refractivity (Wildman–Crippen MR) is 79.3 cm³/mol. The number of halogens is 3. The Kier molecular flexibility index (Phi) is 4.03. The van der Waals surface area contributed by atoms with Gasteiger partial charge in [-0.2, -0.15) is 23.3 Å². The van der Waals surface area contributed by atoms with E-state index in [9.17, 15) is 28.2 Å². The topological polar surface area (TPSA) is 73.1 Å². The molecule has 1 aromatic rings. The quantitative estimate of drug-likeness (QED) is 0.824. The van der Waals surface area contributed by atoms with Gasteiger partial charge in [0.2, 0.25) is 0 Å². The number of hydrazone groups is 1. The molecule has 1 aromatic carbocycles. The van der Waals surface area contributed by atoms with Crippen LogP contribution in [-0.2, 0) is 0 Å². The van der Waals surface area contributed by atoms with Crippen LogP contribution in [0.2, 0.25) is 0 Å². The van der Waals surface area contributed by atoms with Crippen molar-refractivity contribution >= 4 is 11.6 Å². The number of rotatable bonds is 1. The minimum atomic E-state index is -5.04. The molecule has 2 atom stereocenters. The summed E-state index contributed by atoms with van der Waals surface area (Å²) in [6, 6.07) is 4.96. The van der Waals surface area contributed by atoms with E-state index in [0.717, 1.165) is 12.5 Å². The summed E-state index contributed by atoms with van der Waals surface area (Å²) in [7, 11) is 0. The molecule has 1 heterocycles. The average molecular weight is 342 g/mol. The number of carbonyl (C=O) groups excluding carboxylic acids is 1. The average Bonchev–Trinajstić information content (AvgIpc) is 2.68. The third kappa shape index (κ3) is 2.54. The van der Waals surface area contributed by atoms with Gasteiger partial charge in [0.25, 0.3) is 11.6 Å². The Morgan fingerprint density at radius 2 is 2.04 bits per heavy atom. The summed E-state index contributed by atoms with van der Waals surface area (Å²) in [5, 5.41) is 23.9. The number of carbonyl (C=O) groups is 1. The SMILES string of the molecule is O=C(c1cccc(O)c1)N1N=C2CCCCC[C@H]2[C@]1(O)C(F)(F)F. The number of hydrogen-bond donors (Lipinski definition) is 2. The van der Waals surface area contributed by atoms with Gasteiger partial charge in [0.15, 0.2) is 0 Å². The summed E-state index contributed by atoms with van der Waals surface area (Å²) in [6.45, 7) is 0. The third-order valence-corrected chi connectivity index (χ3v) is 4.57. The summed E-state index contributed by atoms with van der Waals surface area (Å²) in [4.78, 5) is 12.5. The number of fused-ring (bicyclic) bond motifs is 1. The largest absolute Gasteiger partial charge is 0.508 e. The van der Waals surface area contributed by atoms with E-state index in [2.05, 4.69) is 5.10 Å². The van der Waals surface area contributed by atoms with Gasteiger partial charge in [-0.05, 0) is 37.5 Å².